The van der Waals surface area contributed by atoms with Crippen molar-refractivity contribution in [2.24, 2.45) is 0 Å². The molecule has 0 aliphatic rings. The maximum atomic E-state index is 3.11. The van der Waals surface area contributed by atoms with Crippen molar-refractivity contribution in [2.45, 2.75) is 0 Å². The molecule has 0 amide bonds. The number of H-pyrrole nitrogens is 1. The standard InChI is InChI=1S/C6H11N3/c1-7-5-9-6-3-2-4-8-6/h2-4,7-9H,5H2,1H3. The third kappa shape index (κ3) is 1.77. The van der Waals surface area contributed by atoms with Gasteiger partial charge in [0.15, 0.2) is 0 Å². The Morgan fingerprint density at radius 3 is 3.11 bits per heavy atom. The number of anilines is 1. The molecule has 3 nitrogen and oxygen atoms in total. The Labute approximate surface area is 54.5 Å². The van der Waals surface area contributed by atoms with Crippen LogP contribution in [0.3, 0.4) is 0 Å². The van der Waals surface area contributed by atoms with Gasteiger partial charge in [0.05, 0.1) is 6.67 Å². The summed E-state index contributed by atoms with van der Waals surface area (Å²) in [5.41, 5.74) is 0. The molecule has 0 bridgehead atoms. The molecule has 0 saturated carbocycles. The molecule has 0 aromatic carbocycles. The van der Waals surface area contributed by atoms with Crippen molar-refractivity contribution < 1.29 is 0 Å². The van der Waals surface area contributed by atoms with Crippen LogP contribution in [0, 0.1) is 0 Å². The van der Waals surface area contributed by atoms with E-state index in [-0.39, 0.29) is 0 Å². The number of nitrogens with one attached hydrogen (secondary N) is 3. The van der Waals surface area contributed by atoms with Crippen molar-refractivity contribution in [3.63, 3.8) is 0 Å². The molecule has 1 aromatic heterocycles. The van der Waals surface area contributed by atoms with E-state index < -0.39 is 0 Å². The average Bonchev–Trinajstić information content (AvgIpc) is 2.34. The lowest BCUT2D eigenvalue weighted by Crippen LogP contribution is -2.16. The van der Waals surface area contributed by atoms with Gasteiger partial charge in [0.1, 0.15) is 5.82 Å². The molecule has 0 fully saturated rings. The minimum atomic E-state index is 0.792. The van der Waals surface area contributed by atoms with Gasteiger partial charge in [-0.25, -0.2) is 0 Å². The Morgan fingerprint density at radius 2 is 2.56 bits per heavy atom. The van der Waals surface area contributed by atoms with E-state index in [2.05, 4.69) is 15.6 Å². The summed E-state index contributed by atoms with van der Waals surface area (Å²) in [4.78, 5) is 3.02. The number of aromatic amines is 1. The first-order valence-corrected chi connectivity index (χ1v) is 2.95. The highest BCUT2D eigenvalue weighted by Crippen LogP contribution is 1.97. The summed E-state index contributed by atoms with van der Waals surface area (Å²) in [6, 6.07) is 3.94. The van der Waals surface area contributed by atoms with E-state index >= 15 is 0 Å². The molecule has 0 aliphatic carbocycles. The highest BCUT2D eigenvalue weighted by molar-refractivity contribution is 5.33. The van der Waals surface area contributed by atoms with Crippen molar-refractivity contribution in [3.05, 3.63) is 18.3 Å². The fourth-order valence-electron chi connectivity index (χ4n) is 0.624. The monoisotopic (exact) mass is 125 g/mol. The molecule has 50 valence electrons. The highest BCUT2D eigenvalue weighted by Gasteiger charge is 1.84. The molecule has 0 saturated heterocycles. The van der Waals surface area contributed by atoms with Gasteiger partial charge in [-0.05, 0) is 19.2 Å². The van der Waals surface area contributed by atoms with Crippen molar-refractivity contribution in [1.82, 2.24) is 10.3 Å². The summed E-state index contributed by atoms with van der Waals surface area (Å²) in [7, 11) is 1.90. The lowest BCUT2D eigenvalue weighted by atomic mass is 10.6. The number of rotatable bonds is 3. The third-order valence-electron chi connectivity index (χ3n) is 1.05. The second-order valence-corrected chi connectivity index (χ2v) is 1.79. The van der Waals surface area contributed by atoms with Crippen LogP contribution in [0.2, 0.25) is 0 Å². The van der Waals surface area contributed by atoms with Crippen LogP contribution in [0.5, 0.6) is 0 Å². The first-order chi connectivity index (χ1) is 4.43. The molecule has 3 N–H and O–H groups in total. The van der Waals surface area contributed by atoms with E-state index in [1.165, 1.54) is 0 Å². The van der Waals surface area contributed by atoms with E-state index in [0.717, 1.165) is 12.5 Å². The Balaban J connectivity index is 2.30. The van der Waals surface area contributed by atoms with Gasteiger partial charge in [0.25, 0.3) is 0 Å². The molecule has 3 heteroatoms. The summed E-state index contributed by atoms with van der Waals surface area (Å²) in [6.45, 7) is 0.792. The minimum Gasteiger partial charge on any atom is -0.359 e. The topological polar surface area (TPSA) is 39.8 Å². The molecule has 0 radical (unpaired) electrons. The van der Waals surface area contributed by atoms with E-state index in [9.17, 15) is 0 Å². The fourth-order valence-corrected chi connectivity index (χ4v) is 0.624. The molecule has 1 aromatic rings. The van der Waals surface area contributed by atoms with Gasteiger partial charge in [0, 0.05) is 6.20 Å². The molecule has 0 atom stereocenters. The zero-order chi connectivity index (χ0) is 6.53. The maximum Gasteiger partial charge on any atom is 0.104 e. The number of hydrogen-bond donors (Lipinski definition) is 3. The fraction of sp³-hybridized carbons (Fsp3) is 0.333. The molecular weight excluding hydrogens is 114 g/mol. The predicted molar refractivity (Wildman–Crippen MR) is 38.3 cm³/mol. The van der Waals surface area contributed by atoms with Crippen LogP contribution in [-0.4, -0.2) is 18.7 Å². The van der Waals surface area contributed by atoms with Crippen molar-refractivity contribution in [3.8, 4) is 0 Å². The van der Waals surface area contributed by atoms with Gasteiger partial charge in [0.2, 0.25) is 0 Å². The van der Waals surface area contributed by atoms with Crippen LogP contribution >= 0.6 is 0 Å². The minimum absolute atomic E-state index is 0.792. The van der Waals surface area contributed by atoms with E-state index in [1.54, 1.807) is 0 Å². The average molecular weight is 125 g/mol. The molecule has 1 heterocycles. The summed E-state index contributed by atoms with van der Waals surface area (Å²) >= 11 is 0. The summed E-state index contributed by atoms with van der Waals surface area (Å²) < 4.78 is 0. The molecule has 9 heavy (non-hydrogen) atoms. The van der Waals surface area contributed by atoms with Crippen molar-refractivity contribution in [2.75, 3.05) is 19.0 Å². The lowest BCUT2D eigenvalue weighted by molar-refractivity contribution is 0.870. The second kappa shape index (κ2) is 3.14. The molecule has 0 spiro atoms. The van der Waals surface area contributed by atoms with Crippen molar-refractivity contribution in [1.29, 1.82) is 0 Å². The van der Waals surface area contributed by atoms with Crippen LogP contribution in [0.15, 0.2) is 18.3 Å². The smallest absolute Gasteiger partial charge is 0.104 e. The Hall–Kier alpha value is -0.960. The van der Waals surface area contributed by atoms with Crippen molar-refractivity contribution >= 4 is 5.82 Å². The van der Waals surface area contributed by atoms with Gasteiger partial charge in [-0.2, -0.15) is 0 Å². The molecule has 0 unspecified atom stereocenters. The summed E-state index contributed by atoms with van der Waals surface area (Å²) in [6.07, 6.45) is 1.89. The van der Waals surface area contributed by atoms with E-state index in [4.69, 9.17) is 0 Å². The van der Waals surface area contributed by atoms with Crippen LogP contribution in [0.4, 0.5) is 5.82 Å². The summed E-state index contributed by atoms with van der Waals surface area (Å²) in [5, 5.41) is 6.08. The molecule has 1 rings (SSSR count). The van der Waals surface area contributed by atoms with E-state index in [1.807, 2.05) is 25.4 Å². The third-order valence-corrected chi connectivity index (χ3v) is 1.05. The highest BCUT2D eigenvalue weighted by atomic mass is 15.1. The normalized spacial score (nSPS) is 9.44. The Bertz CT molecular complexity index is 145. The van der Waals surface area contributed by atoms with Crippen LogP contribution < -0.4 is 10.6 Å². The largest absolute Gasteiger partial charge is 0.359 e. The zero-order valence-electron chi connectivity index (χ0n) is 5.44. The van der Waals surface area contributed by atoms with Crippen LogP contribution in [-0.2, 0) is 0 Å². The van der Waals surface area contributed by atoms with Gasteiger partial charge in [-0.3, -0.25) is 0 Å². The molecule has 0 aliphatic heterocycles. The summed E-state index contributed by atoms with van der Waals surface area (Å²) in [5.74, 6) is 1.05. The zero-order valence-corrected chi connectivity index (χ0v) is 5.44. The number of aromatic nitrogens is 1. The van der Waals surface area contributed by atoms with Gasteiger partial charge >= 0.3 is 0 Å². The predicted octanol–water partition coefficient (Wildman–Crippen LogP) is 0.603. The van der Waals surface area contributed by atoms with Gasteiger partial charge < -0.3 is 15.6 Å². The lowest BCUT2D eigenvalue weighted by Gasteiger charge is -1.99. The first-order valence-electron chi connectivity index (χ1n) is 2.95. The quantitative estimate of drug-likeness (QED) is 0.518. The maximum absolute atomic E-state index is 3.11. The van der Waals surface area contributed by atoms with Crippen LogP contribution in [0.1, 0.15) is 0 Å². The van der Waals surface area contributed by atoms with Gasteiger partial charge in [-0.1, -0.05) is 0 Å². The van der Waals surface area contributed by atoms with Gasteiger partial charge in [-0.15, -0.1) is 0 Å². The first kappa shape index (κ1) is 6.16. The number of hydrogen-bond acceptors (Lipinski definition) is 2. The Morgan fingerprint density at radius 1 is 1.67 bits per heavy atom. The van der Waals surface area contributed by atoms with E-state index in [0.29, 0.717) is 0 Å². The molecular formula is C6H11N3. The Kier molecular flexibility index (Phi) is 2.15. The van der Waals surface area contributed by atoms with Crippen LogP contribution in [0.25, 0.3) is 0 Å². The second-order valence-electron chi connectivity index (χ2n) is 1.79. The SMILES string of the molecule is CNCNc1ccc[nH]1.